The van der Waals surface area contributed by atoms with Crippen LogP contribution in [0.4, 0.5) is 4.39 Å². The molecule has 1 atom stereocenters. The molecule has 1 unspecified atom stereocenters. The lowest BCUT2D eigenvalue weighted by Gasteiger charge is -2.16. The standard InChI is InChI=1S/C17H18ClFN2O2/c1-11-2-3-14(7-16(11)19)17(23)21-8-12(10-22)6-13-4-5-20-9-15(13)18/h2-5,7,9,12,22H,6,8,10H2,1H3,(H,21,23). The summed E-state index contributed by atoms with van der Waals surface area (Å²) in [5.74, 6) is -0.975. The molecular weight excluding hydrogens is 319 g/mol. The maximum Gasteiger partial charge on any atom is 0.251 e. The topological polar surface area (TPSA) is 62.2 Å². The average molecular weight is 337 g/mol. The molecule has 1 heterocycles. The number of amides is 1. The van der Waals surface area contributed by atoms with Gasteiger partial charge in [0.15, 0.2) is 0 Å². The van der Waals surface area contributed by atoms with Gasteiger partial charge in [0, 0.05) is 37.0 Å². The SMILES string of the molecule is Cc1ccc(C(=O)NCC(CO)Cc2ccncc2Cl)cc1F. The maximum atomic E-state index is 13.5. The molecule has 0 aliphatic carbocycles. The third kappa shape index (κ3) is 4.74. The largest absolute Gasteiger partial charge is 0.396 e. The van der Waals surface area contributed by atoms with Gasteiger partial charge in [-0.15, -0.1) is 0 Å². The second-order valence-electron chi connectivity index (χ2n) is 5.39. The van der Waals surface area contributed by atoms with E-state index >= 15 is 0 Å². The number of aliphatic hydroxyl groups excluding tert-OH is 1. The number of benzene rings is 1. The van der Waals surface area contributed by atoms with Crippen LogP contribution in [0.2, 0.25) is 5.02 Å². The number of nitrogens with one attached hydrogen (secondary N) is 1. The van der Waals surface area contributed by atoms with E-state index < -0.39 is 5.82 Å². The highest BCUT2D eigenvalue weighted by atomic mass is 35.5. The molecule has 0 aliphatic heterocycles. The average Bonchev–Trinajstić information content (AvgIpc) is 2.55. The van der Waals surface area contributed by atoms with Crippen molar-refractivity contribution in [2.45, 2.75) is 13.3 Å². The summed E-state index contributed by atoms with van der Waals surface area (Å²) >= 11 is 6.04. The zero-order valence-electron chi connectivity index (χ0n) is 12.7. The highest BCUT2D eigenvalue weighted by Crippen LogP contribution is 2.17. The zero-order chi connectivity index (χ0) is 16.8. The first-order valence-electron chi connectivity index (χ1n) is 7.25. The van der Waals surface area contributed by atoms with Crippen LogP contribution in [0.15, 0.2) is 36.7 Å². The van der Waals surface area contributed by atoms with Crippen molar-refractivity contribution in [1.29, 1.82) is 0 Å². The Morgan fingerprint density at radius 1 is 1.43 bits per heavy atom. The van der Waals surface area contributed by atoms with Crippen molar-refractivity contribution in [1.82, 2.24) is 10.3 Å². The molecule has 2 rings (SSSR count). The van der Waals surface area contributed by atoms with Gasteiger partial charge in [0.05, 0.1) is 5.02 Å². The van der Waals surface area contributed by atoms with E-state index in [2.05, 4.69) is 10.3 Å². The van der Waals surface area contributed by atoms with Crippen LogP contribution in [0.5, 0.6) is 0 Å². The minimum absolute atomic E-state index is 0.0960. The number of carbonyl (C=O) groups excluding carboxylic acids is 1. The van der Waals surface area contributed by atoms with Crippen LogP contribution >= 0.6 is 11.6 Å². The predicted molar refractivity (Wildman–Crippen MR) is 87.0 cm³/mol. The van der Waals surface area contributed by atoms with Crippen molar-refractivity contribution >= 4 is 17.5 Å². The van der Waals surface area contributed by atoms with E-state index in [4.69, 9.17) is 11.6 Å². The summed E-state index contributed by atoms with van der Waals surface area (Å²) in [5, 5.41) is 12.7. The van der Waals surface area contributed by atoms with E-state index in [1.165, 1.54) is 6.07 Å². The monoisotopic (exact) mass is 336 g/mol. The highest BCUT2D eigenvalue weighted by Gasteiger charge is 2.14. The molecule has 0 spiro atoms. The Balaban J connectivity index is 1.96. The fourth-order valence-corrected chi connectivity index (χ4v) is 2.35. The number of pyridine rings is 1. The summed E-state index contributed by atoms with van der Waals surface area (Å²) in [4.78, 5) is 16.0. The first-order chi connectivity index (χ1) is 11.0. The van der Waals surface area contributed by atoms with E-state index in [0.717, 1.165) is 5.56 Å². The van der Waals surface area contributed by atoms with Crippen LogP contribution in [0.25, 0.3) is 0 Å². The summed E-state index contributed by atoms with van der Waals surface area (Å²) < 4.78 is 13.5. The molecule has 0 aliphatic rings. The lowest BCUT2D eigenvalue weighted by Crippen LogP contribution is -2.32. The van der Waals surface area contributed by atoms with E-state index in [1.807, 2.05) is 0 Å². The minimum atomic E-state index is -0.417. The van der Waals surface area contributed by atoms with Crippen LogP contribution in [-0.4, -0.2) is 29.1 Å². The van der Waals surface area contributed by atoms with E-state index in [9.17, 15) is 14.3 Å². The van der Waals surface area contributed by atoms with Crippen molar-refractivity contribution in [3.05, 3.63) is 64.2 Å². The summed E-state index contributed by atoms with van der Waals surface area (Å²) in [6.45, 7) is 1.81. The lowest BCUT2D eigenvalue weighted by atomic mass is 10.0. The second-order valence-corrected chi connectivity index (χ2v) is 5.80. The highest BCUT2D eigenvalue weighted by molar-refractivity contribution is 6.31. The van der Waals surface area contributed by atoms with Gasteiger partial charge in [0.1, 0.15) is 5.82 Å². The molecule has 0 radical (unpaired) electrons. The molecule has 1 aromatic carbocycles. The molecular formula is C17H18ClFN2O2. The van der Waals surface area contributed by atoms with Crippen LogP contribution in [0, 0.1) is 18.7 Å². The Kier molecular flexibility index (Phi) is 6.07. The molecule has 4 nitrogen and oxygen atoms in total. The van der Waals surface area contributed by atoms with E-state index in [1.54, 1.807) is 37.5 Å². The number of aliphatic hydroxyl groups is 1. The normalized spacial score (nSPS) is 12.0. The molecule has 2 N–H and O–H groups in total. The van der Waals surface area contributed by atoms with Crippen molar-refractivity contribution in [2.24, 2.45) is 5.92 Å². The Hall–Kier alpha value is -1.98. The molecule has 23 heavy (non-hydrogen) atoms. The van der Waals surface area contributed by atoms with Gasteiger partial charge < -0.3 is 10.4 Å². The van der Waals surface area contributed by atoms with E-state index in [0.29, 0.717) is 17.0 Å². The Bertz CT molecular complexity index is 694. The number of rotatable bonds is 6. The van der Waals surface area contributed by atoms with Gasteiger partial charge in [0.2, 0.25) is 0 Å². The molecule has 122 valence electrons. The van der Waals surface area contributed by atoms with Crippen molar-refractivity contribution in [3.8, 4) is 0 Å². The second kappa shape index (κ2) is 8.04. The Morgan fingerprint density at radius 3 is 2.87 bits per heavy atom. The molecule has 0 bridgehead atoms. The summed E-state index contributed by atoms with van der Waals surface area (Å²) in [5.41, 5.74) is 1.60. The fourth-order valence-electron chi connectivity index (χ4n) is 2.16. The first kappa shape index (κ1) is 17.4. The van der Waals surface area contributed by atoms with Gasteiger partial charge in [-0.3, -0.25) is 9.78 Å². The third-order valence-corrected chi connectivity index (χ3v) is 3.95. The van der Waals surface area contributed by atoms with Gasteiger partial charge in [-0.25, -0.2) is 4.39 Å². The smallest absolute Gasteiger partial charge is 0.251 e. The number of aryl methyl sites for hydroxylation is 1. The van der Waals surface area contributed by atoms with Gasteiger partial charge in [-0.2, -0.15) is 0 Å². The van der Waals surface area contributed by atoms with E-state index in [-0.39, 0.29) is 30.5 Å². The number of halogens is 2. The van der Waals surface area contributed by atoms with Gasteiger partial charge in [-0.05, 0) is 42.7 Å². The summed E-state index contributed by atoms with van der Waals surface area (Å²) in [7, 11) is 0. The molecule has 1 aromatic heterocycles. The predicted octanol–water partition coefficient (Wildman–Crippen LogP) is 2.76. The summed E-state index contributed by atoms with van der Waals surface area (Å²) in [6, 6.07) is 6.12. The van der Waals surface area contributed by atoms with Crippen LogP contribution in [-0.2, 0) is 6.42 Å². The quantitative estimate of drug-likeness (QED) is 0.852. The molecule has 2 aromatic rings. The lowest BCUT2D eigenvalue weighted by molar-refractivity contribution is 0.0939. The molecule has 0 saturated carbocycles. The Labute approximate surface area is 139 Å². The van der Waals surface area contributed by atoms with Gasteiger partial charge in [-0.1, -0.05) is 17.7 Å². The maximum absolute atomic E-state index is 13.5. The zero-order valence-corrected chi connectivity index (χ0v) is 13.5. The number of hydrogen-bond donors (Lipinski definition) is 2. The Morgan fingerprint density at radius 2 is 2.22 bits per heavy atom. The minimum Gasteiger partial charge on any atom is -0.396 e. The van der Waals surface area contributed by atoms with Crippen molar-refractivity contribution in [3.63, 3.8) is 0 Å². The van der Waals surface area contributed by atoms with Crippen LogP contribution < -0.4 is 5.32 Å². The molecule has 0 fully saturated rings. The third-order valence-electron chi connectivity index (χ3n) is 3.61. The van der Waals surface area contributed by atoms with Crippen molar-refractivity contribution in [2.75, 3.05) is 13.2 Å². The van der Waals surface area contributed by atoms with Gasteiger partial charge >= 0.3 is 0 Å². The number of hydrogen-bond acceptors (Lipinski definition) is 3. The van der Waals surface area contributed by atoms with Gasteiger partial charge in [0.25, 0.3) is 5.91 Å². The van der Waals surface area contributed by atoms with Crippen LogP contribution in [0.3, 0.4) is 0 Å². The molecule has 1 amide bonds. The van der Waals surface area contributed by atoms with Crippen molar-refractivity contribution < 1.29 is 14.3 Å². The number of aromatic nitrogens is 1. The molecule has 0 saturated heterocycles. The first-order valence-corrected chi connectivity index (χ1v) is 7.62. The molecule has 6 heteroatoms. The van der Waals surface area contributed by atoms with Crippen LogP contribution in [0.1, 0.15) is 21.5 Å². The number of nitrogens with zero attached hydrogens (tertiary/aromatic N) is 1. The summed E-state index contributed by atoms with van der Waals surface area (Å²) in [6.07, 6.45) is 3.68. The fraction of sp³-hybridized carbons (Fsp3) is 0.294. The number of carbonyl (C=O) groups is 1.